The minimum Gasteiger partial charge on any atom is -0.481 e. The number of nitrogens with two attached hydrogens (primary N) is 4. The van der Waals surface area contributed by atoms with Crippen molar-refractivity contribution >= 4 is 77.0 Å². The number of nitrogens with zero attached hydrogens (tertiary/aromatic N) is 18. The second kappa shape index (κ2) is 49.2. The Labute approximate surface area is 661 Å². The minimum absolute atomic E-state index is 0.0558. The second-order valence-corrected chi connectivity index (χ2v) is 31.4. The number of aliphatic imine (C=N–C) groups is 6. The number of aliphatic hydroxyl groups is 3. The van der Waals surface area contributed by atoms with Gasteiger partial charge in [-0.05, 0) is 179 Å². The van der Waals surface area contributed by atoms with Gasteiger partial charge in [0.2, 0.25) is 11.6 Å². The van der Waals surface area contributed by atoms with E-state index in [9.17, 15) is 9.59 Å². The van der Waals surface area contributed by atoms with Crippen molar-refractivity contribution in [3.8, 4) is 0 Å². The zero-order chi connectivity index (χ0) is 87.5. The number of hydrogen-bond acceptors (Lipinski definition) is 36. The van der Waals surface area contributed by atoms with Gasteiger partial charge >= 0.3 is 11.9 Å². The first-order valence-corrected chi connectivity index (χ1v) is 36.4. The number of aliphatic hydroxyl groups excluding tert-OH is 3. The Hall–Kier alpha value is -9.39. The fraction of sp³-hybridized carbons (Fsp3) is 0.786. The third-order valence-electron chi connectivity index (χ3n) is 15.4. The van der Waals surface area contributed by atoms with E-state index >= 15 is 0 Å². The van der Waals surface area contributed by atoms with Gasteiger partial charge in [-0.3, -0.25) is 61.1 Å². The number of nitrogens with one attached hydrogen (secondary N) is 10. The van der Waals surface area contributed by atoms with E-state index in [2.05, 4.69) is 131 Å². The molecule has 42 nitrogen and oxygen atoms in total. The summed E-state index contributed by atoms with van der Waals surface area (Å²) in [6.45, 7) is 57.0. The fourth-order valence-electron chi connectivity index (χ4n) is 7.45. The molecule has 112 heavy (non-hydrogen) atoms. The van der Waals surface area contributed by atoms with Gasteiger partial charge in [-0.2, -0.15) is 61.4 Å². The Bertz CT molecular complexity index is 3190. The lowest BCUT2D eigenvalue weighted by Crippen LogP contribution is -2.41. The maximum absolute atomic E-state index is 10.5. The number of ether oxygens (including phenoxy) is 1. The average Bonchev–Trinajstić information content (AvgIpc) is 1.68. The number of rotatable bonds is 39. The van der Waals surface area contributed by atoms with Crippen molar-refractivity contribution in [2.75, 3.05) is 105 Å². The van der Waals surface area contributed by atoms with Crippen LogP contribution in [-0.4, -0.2) is 274 Å². The summed E-state index contributed by atoms with van der Waals surface area (Å²) in [5, 5.41) is 145. The fourth-order valence-corrected chi connectivity index (χ4v) is 7.45. The van der Waals surface area contributed by atoms with Crippen LogP contribution in [0, 0.1) is 27.0 Å². The molecule has 4 aliphatic heterocycles. The molecular formula is C70H138N32O10. The molecule has 42 heteroatoms. The zero-order valence-corrected chi connectivity index (χ0v) is 71.1. The van der Waals surface area contributed by atoms with Crippen LogP contribution in [0.1, 0.15) is 185 Å². The van der Waals surface area contributed by atoms with E-state index in [1.807, 2.05) is 69.2 Å². The summed E-state index contributed by atoms with van der Waals surface area (Å²) in [4.78, 5) is 56.5. The Morgan fingerprint density at radius 3 is 1.13 bits per heavy atom. The highest BCUT2D eigenvalue weighted by atomic mass is 17.2. The number of carboxylic acid groups (broad SMARTS) is 2. The first-order chi connectivity index (χ1) is 51.3. The monoisotopic (exact) mass is 1590 g/mol. The summed E-state index contributed by atoms with van der Waals surface area (Å²) in [5.74, 6) is 2.12. The van der Waals surface area contributed by atoms with Crippen LogP contribution in [-0.2, 0) is 24.1 Å². The van der Waals surface area contributed by atoms with Crippen LogP contribution in [0.15, 0.2) is 104 Å². The molecule has 0 amide bonds. The maximum Gasteiger partial charge on any atom is 0.305 e. The van der Waals surface area contributed by atoms with E-state index in [-0.39, 0.29) is 94.0 Å². The SMILES string of the molecule is C=CCOOC(C)(C)N=NC(C)(C)CCC(=O)O.C=N.CC(C)(N=NC(C)(C)C(=N)N)C(=N)N.CC(C)(N=NC(C)(C)C(N)=NCCC(=O)O)C(=N)OCCNCO.CC(C)(N=NC(C)(C)C(N)=NCCO)C(=N)CO.CC(C)(N=NC(C)(C)C1=NCCN1)C1=NCCN1.CC(C)(N=NC(C)(C)C1=NCCN1)C1=NCCN1. The Morgan fingerprint density at radius 2 is 0.830 bits per heavy atom. The third-order valence-corrected chi connectivity index (χ3v) is 15.4. The molecule has 4 aliphatic rings. The summed E-state index contributed by atoms with van der Waals surface area (Å²) in [7, 11) is 0. The molecule has 0 saturated carbocycles. The lowest BCUT2D eigenvalue weighted by molar-refractivity contribution is -0.346. The van der Waals surface area contributed by atoms with Crippen molar-refractivity contribution in [2.24, 2.45) is 114 Å². The van der Waals surface area contributed by atoms with Crippen LogP contribution in [0.25, 0.3) is 0 Å². The van der Waals surface area contributed by atoms with E-state index in [1.54, 1.807) is 103 Å². The number of carboxylic acids is 2. The molecule has 0 aromatic carbocycles. The van der Waals surface area contributed by atoms with Gasteiger partial charge in [-0.25, -0.2) is 9.78 Å². The van der Waals surface area contributed by atoms with Crippen LogP contribution in [0.4, 0.5) is 0 Å². The molecule has 0 fully saturated rings. The van der Waals surface area contributed by atoms with Gasteiger partial charge in [0.15, 0.2) is 5.54 Å². The highest BCUT2D eigenvalue weighted by Crippen LogP contribution is 2.25. The van der Waals surface area contributed by atoms with Crippen molar-refractivity contribution < 1.29 is 49.6 Å². The second-order valence-electron chi connectivity index (χ2n) is 31.4. The number of amidine groups is 8. The largest absolute Gasteiger partial charge is 0.481 e. The van der Waals surface area contributed by atoms with E-state index < -0.39 is 78.6 Å². The summed E-state index contributed by atoms with van der Waals surface area (Å²) in [6.07, 6.45) is 1.92. The van der Waals surface area contributed by atoms with Gasteiger partial charge < -0.3 is 85.3 Å². The van der Waals surface area contributed by atoms with Crippen molar-refractivity contribution in [3.05, 3.63) is 12.7 Å². The molecule has 23 N–H and O–H groups in total. The van der Waals surface area contributed by atoms with Crippen molar-refractivity contribution in [1.29, 1.82) is 27.0 Å². The Balaban J connectivity index is -0.00000127. The quantitative estimate of drug-likeness (QED) is 0.00439. The van der Waals surface area contributed by atoms with Crippen LogP contribution in [0.3, 0.4) is 0 Å². The standard InChI is InChI=1S/C14H28N6O4.2C12H22N6.C12H22N2O4.C11H23N5O2.C8H18N6.CH3N/c1-13(2,11(15)18-6-5-10(22)23)19-20-14(3,4)12(16)24-8-7-17-9-21;2*1-11(2,9-13-5-6-14-9)17-18-12(3,4)10-15-7-8-16-10;1-6-9-17-18-12(4,5)14-13-11(2,3)8-7-10(15)16;1-10(2,8(12)7-18)15-16-11(3,4)9(13)14-5-6-17;1-7(2,5(9)10)13-14-8(3,4)6(11)12;1-2/h16-17,21H,5-9H2,1-4H3,(H2,15,18)(H,22,23);2*5-8H2,1-4H3,(H,13,14)(H,15,16);6H,1,7-9H2,2-5H3,(H,15,16);12,17-18H,5-7H2,1-4H3,(H2,13,14);1-4H3,(H3,9,10)(H3,11,12);2H,1H2. The summed E-state index contributed by atoms with van der Waals surface area (Å²) < 4.78 is 5.26. The molecule has 0 saturated heterocycles. The molecule has 638 valence electrons. The Kier molecular flexibility index (Phi) is 46.9. The molecular weight excluding hydrogens is 1450 g/mol. The maximum atomic E-state index is 10.5. The van der Waals surface area contributed by atoms with Gasteiger partial charge in [-0.15, -0.1) is 6.58 Å². The lowest BCUT2D eigenvalue weighted by Gasteiger charge is -2.23. The van der Waals surface area contributed by atoms with Gasteiger partial charge in [0, 0.05) is 39.1 Å². The van der Waals surface area contributed by atoms with E-state index in [1.165, 1.54) is 0 Å². The van der Waals surface area contributed by atoms with Crippen LogP contribution in [0.2, 0.25) is 0 Å². The molecule has 0 unspecified atom stereocenters. The zero-order valence-electron chi connectivity index (χ0n) is 71.1. The summed E-state index contributed by atoms with van der Waals surface area (Å²) >= 11 is 0. The van der Waals surface area contributed by atoms with Crippen molar-refractivity contribution in [2.45, 2.75) is 252 Å². The van der Waals surface area contributed by atoms with Crippen LogP contribution >= 0.6 is 0 Å². The lowest BCUT2D eigenvalue weighted by atomic mass is 10.00. The van der Waals surface area contributed by atoms with E-state index in [0.29, 0.717) is 13.0 Å². The predicted molar refractivity (Wildman–Crippen MR) is 443 cm³/mol. The first-order valence-electron chi connectivity index (χ1n) is 36.4. The molecule has 4 rings (SSSR count). The van der Waals surface area contributed by atoms with Gasteiger partial charge in [-0.1, -0.05) is 6.08 Å². The van der Waals surface area contributed by atoms with Gasteiger partial charge in [0.05, 0.1) is 76.9 Å². The number of carbonyl (C=O) groups is 2. The van der Waals surface area contributed by atoms with Crippen LogP contribution in [0.5, 0.6) is 0 Å². The normalized spacial score (nSPS) is 15.5. The highest BCUT2D eigenvalue weighted by Gasteiger charge is 2.35. The molecule has 0 radical (unpaired) electrons. The van der Waals surface area contributed by atoms with Gasteiger partial charge in [0.1, 0.15) is 110 Å². The number of aliphatic carboxylic acids is 2. The molecule has 0 aromatic rings. The van der Waals surface area contributed by atoms with Crippen molar-refractivity contribution in [1.82, 2.24) is 26.6 Å². The molecule has 4 heterocycles. The average molecular weight is 1590 g/mol. The third kappa shape index (κ3) is 44.0. The van der Waals surface area contributed by atoms with E-state index in [4.69, 9.17) is 90.0 Å². The Morgan fingerprint density at radius 1 is 0.491 bits per heavy atom. The predicted octanol–water partition coefficient (Wildman–Crippen LogP) is 6.80. The summed E-state index contributed by atoms with van der Waals surface area (Å²) in [5.41, 5.74) is 14.0. The molecule has 0 aromatic heterocycles. The topological polar surface area (TPSA) is 669 Å². The molecule has 0 bridgehead atoms. The molecule has 0 atom stereocenters. The number of hydrogen-bond donors (Lipinski definition) is 19. The molecule has 0 aliphatic carbocycles. The van der Waals surface area contributed by atoms with Crippen LogP contribution < -0.4 is 49.5 Å². The number of azo groups is 6. The van der Waals surface area contributed by atoms with Crippen molar-refractivity contribution in [3.63, 3.8) is 0 Å². The smallest absolute Gasteiger partial charge is 0.305 e. The van der Waals surface area contributed by atoms with E-state index in [0.717, 1.165) is 75.7 Å². The summed E-state index contributed by atoms with van der Waals surface area (Å²) in [6, 6.07) is 0. The first kappa shape index (κ1) is 107. The van der Waals surface area contributed by atoms with Gasteiger partial charge in [0.25, 0.3) is 0 Å². The molecule has 0 spiro atoms. The highest BCUT2D eigenvalue weighted by molar-refractivity contribution is 5.95. The minimum atomic E-state index is -0.988.